The molecule has 2 amide bonds. The van der Waals surface area contributed by atoms with E-state index in [9.17, 15) is 9.59 Å². The van der Waals surface area contributed by atoms with E-state index < -0.39 is 0 Å². The third kappa shape index (κ3) is 5.09. The highest BCUT2D eigenvalue weighted by atomic mass is 16.5. The molecule has 1 aliphatic carbocycles. The predicted octanol–water partition coefficient (Wildman–Crippen LogP) is 4.18. The van der Waals surface area contributed by atoms with Crippen molar-refractivity contribution in [1.82, 2.24) is 0 Å². The van der Waals surface area contributed by atoms with Gasteiger partial charge in [0.05, 0.1) is 0 Å². The van der Waals surface area contributed by atoms with Crippen molar-refractivity contribution in [1.29, 1.82) is 0 Å². The summed E-state index contributed by atoms with van der Waals surface area (Å²) in [4.78, 5) is 23.9. The highest BCUT2D eigenvalue weighted by molar-refractivity contribution is 5.94. The number of hydrogen-bond donors (Lipinski definition) is 2. The number of carbonyl (C=O) groups is 2. The van der Waals surface area contributed by atoms with Crippen molar-refractivity contribution in [2.24, 2.45) is 5.92 Å². The Hall–Kier alpha value is -2.82. The first-order valence-electron chi connectivity index (χ1n) is 8.95. The van der Waals surface area contributed by atoms with Crippen LogP contribution in [0.4, 0.5) is 11.4 Å². The zero-order valence-corrected chi connectivity index (χ0v) is 15.1. The van der Waals surface area contributed by atoms with Crippen LogP contribution >= 0.6 is 0 Å². The van der Waals surface area contributed by atoms with Gasteiger partial charge in [-0.2, -0.15) is 0 Å². The maximum atomic E-state index is 12.1. The van der Waals surface area contributed by atoms with Gasteiger partial charge in [-0.1, -0.05) is 32.0 Å². The third-order valence-corrected chi connectivity index (χ3v) is 4.28. The summed E-state index contributed by atoms with van der Waals surface area (Å²) >= 11 is 0. The number of benzene rings is 2. The van der Waals surface area contributed by atoms with Gasteiger partial charge < -0.3 is 15.4 Å². The van der Waals surface area contributed by atoms with Crippen molar-refractivity contribution < 1.29 is 14.3 Å². The Morgan fingerprint density at radius 1 is 1.04 bits per heavy atom. The molecule has 1 aliphatic rings. The van der Waals surface area contributed by atoms with Crippen LogP contribution in [-0.4, -0.2) is 18.4 Å². The summed E-state index contributed by atoms with van der Waals surface area (Å²) in [6, 6.07) is 14.9. The van der Waals surface area contributed by atoms with Crippen LogP contribution in [-0.2, 0) is 9.59 Å². The topological polar surface area (TPSA) is 67.4 Å². The molecule has 0 saturated heterocycles. The maximum Gasteiger partial charge on any atom is 0.262 e. The quantitative estimate of drug-likeness (QED) is 0.786. The molecule has 0 unspecified atom stereocenters. The predicted molar refractivity (Wildman–Crippen MR) is 102 cm³/mol. The van der Waals surface area contributed by atoms with Crippen molar-refractivity contribution in [3.8, 4) is 5.75 Å². The Morgan fingerprint density at radius 3 is 2.42 bits per heavy atom. The van der Waals surface area contributed by atoms with Crippen molar-refractivity contribution in [2.45, 2.75) is 32.6 Å². The number of amides is 2. The minimum absolute atomic E-state index is 0.0461. The summed E-state index contributed by atoms with van der Waals surface area (Å²) in [6.45, 7) is 4.16. The van der Waals surface area contributed by atoms with Crippen molar-refractivity contribution in [3.05, 3.63) is 54.1 Å². The molecule has 0 radical (unpaired) electrons. The van der Waals surface area contributed by atoms with E-state index in [1.54, 1.807) is 18.2 Å². The van der Waals surface area contributed by atoms with E-state index >= 15 is 0 Å². The largest absolute Gasteiger partial charge is 0.484 e. The molecule has 136 valence electrons. The van der Waals surface area contributed by atoms with Gasteiger partial charge in [0.15, 0.2) is 6.61 Å². The standard InChI is InChI=1S/C21H24N2O3/c1-14(2)15-8-10-17(11-9-15)22-20(24)13-26-19-5-3-4-18(12-19)23-21(25)16-6-7-16/h3-5,8-12,14,16H,6-7,13H2,1-2H3,(H,22,24)(H,23,25). The first-order valence-corrected chi connectivity index (χ1v) is 8.95. The lowest BCUT2D eigenvalue weighted by molar-refractivity contribution is -0.118. The Bertz CT molecular complexity index is 780. The lowest BCUT2D eigenvalue weighted by Crippen LogP contribution is -2.20. The van der Waals surface area contributed by atoms with Crippen LogP contribution in [0.5, 0.6) is 5.75 Å². The number of nitrogens with one attached hydrogen (secondary N) is 2. The molecule has 0 heterocycles. The van der Waals surface area contributed by atoms with E-state index in [4.69, 9.17) is 4.74 Å². The Morgan fingerprint density at radius 2 is 1.77 bits per heavy atom. The van der Waals surface area contributed by atoms with Crippen LogP contribution in [0, 0.1) is 5.92 Å². The lowest BCUT2D eigenvalue weighted by atomic mass is 10.0. The van der Waals surface area contributed by atoms with Crippen LogP contribution in [0.3, 0.4) is 0 Å². The van der Waals surface area contributed by atoms with Gasteiger partial charge in [-0.15, -0.1) is 0 Å². The molecule has 26 heavy (non-hydrogen) atoms. The first kappa shape index (κ1) is 18.0. The van der Waals surface area contributed by atoms with Crippen LogP contribution in [0.15, 0.2) is 48.5 Å². The highest BCUT2D eigenvalue weighted by Gasteiger charge is 2.29. The molecule has 5 nitrogen and oxygen atoms in total. The van der Waals surface area contributed by atoms with Gasteiger partial charge >= 0.3 is 0 Å². The van der Waals surface area contributed by atoms with Crippen molar-refractivity contribution in [3.63, 3.8) is 0 Å². The van der Waals surface area contributed by atoms with Gasteiger partial charge in [-0.05, 0) is 48.6 Å². The van der Waals surface area contributed by atoms with E-state index in [-0.39, 0.29) is 24.3 Å². The average Bonchev–Trinajstić information content (AvgIpc) is 3.46. The van der Waals surface area contributed by atoms with Gasteiger partial charge in [-0.25, -0.2) is 0 Å². The van der Waals surface area contributed by atoms with Gasteiger partial charge in [0.1, 0.15) is 5.75 Å². The van der Waals surface area contributed by atoms with Gasteiger partial charge in [0.2, 0.25) is 5.91 Å². The molecular weight excluding hydrogens is 328 g/mol. The van der Waals surface area contributed by atoms with Crippen molar-refractivity contribution >= 4 is 23.2 Å². The molecule has 2 aromatic rings. The second-order valence-electron chi connectivity index (χ2n) is 6.90. The third-order valence-electron chi connectivity index (χ3n) is 4.28. The van der Waals surface area contributed by atoms with Crippen molar-refractivity contribution in [2.75, 3.05) is 17.2 Å². The van der Waals surface area contributed by atoms with Crippen LogP contribution in [0.1, 0.15) is 38.2 Å². The number of hydrogen-bond acceptors (Lipinski definition) is 3. The highest BCUT2D eigenvalue weighted by Crippen LogP contribution is 2.30. The lowest BCUT2D eigenvalue weighted by Gasteiger charge is -2.10. The van der Waals surface area contributed by atoms with E-state index in [0.29, 0.717) is 17.4 Å². The molecule has 1 fully saturated rings. The minimum Gasteiger partial charge on any atom is -0.484 e. The van der Waals surface area contributed by atoms with Gasteiger partial charge in [0, 0.05) is 23.4 Å². The summed E-state index contributed by atoms with van der Waals surface area (Å²) in [5, 5.41) is 5.68. The molecule has 0 spiro atoms. The summed E-state index contributed by atoms with van der Waals surface area (Å²) in [5.74, 6) is 0.964. The van der Waals surface area contributed by atoms with Crippen LogP contribution in [0.25, 0.3) is 0 Å². The van der Waals surface area contributed by atoms with E-state index in [1.165, 1.54) is 5.56 Å². The van der Waals surface area contributed by atoms with Crippen LogP contribution < -0.4 is 15.4 Å². The monoisotopic (exact) mass is 352 g/mol. The van der Waals surface area contributed by atoms with E-state index in [1.807, 2.05) is 30.3 Å². The molecular formula is C21H24N2O3. The van der Waals surface area contributed by atoms with Gasteiger partial charge in [0.25, 0.3) is 5.91 Å². The SMILES string of the molecule is CC(C)c1ccc(NC(=O)COc2cccc(NC(=O)C3CC3)c2)cc1. The fourth-order valence-electron chi connectivity index (χ4n) is 2.55. The first-order chi connectivity index (χ1) is 12.5. The Labute approximate surface area is 153 Å². The summed E-state index contributed by atoms with van der Waals surface area (Å²) in [5.41, 5.74) is 2.65. The second kappa shape index (κ2) is 8.04. The molecule has 2 aromatic carbocycles. The molecule has 3 rings (SSSR count). The van der Waals surface area contributed by atoms with E-state index in [0.717, 1.165) is 18.5 Å². The van der Waals surface area contributed by atoms with E-state index in [2.05, 4.69) is 24.5 Å². The summed E-state index contributed by atoms with van der Waals surface area (Å²) < 4.78 is 5.54. The number of carbonyl (C=O) groups excluding carboxylic acids is 2. The fourth-order valence-corrected chi connectivity index (χ4v) is 2.55. The second-order valence-corrected chi connectivity index (χ2v) is 6.90. The average molecular weight is 352 g/mol. The normalized spacial score (nSPS) is 13.3. The minimum atomic E-state index is -0.227. The fraction of sp³-hybridized carbons (Fsp3) is 0.333. The molecule has 0 atom stereocenters. The van der Waals surface area contributed by atoms with Gasteiger partial charge in [-0.3, -0.25) is 9.59 Å². The summed E-state index contributed by atoms with van der Waals surface area (Å²) in [7, 11) is 0. The molecule has 0 bridgehead atoms. The van der Waals surface area contributed by atoms with Crippen LogP contribution in [0.2, 0.25) is 0 Å². The number of anilines is 2. The Balaban J connectivity index is 1.50. The zero-order chi connectivity index (χ0) is 18.5. The molecule has 2 N–H and O–H groups in total. The maximum absolute atomic E-state index is 12.1. The molecule has 1 saturated carbocycles. The molecule has 5 heteroatoms. The number of ether oxygens (including phenoxy) is 1. The summed E-state index contributed by atoms with van der Waals surface area (Å²) in [6.07, 6.45) is 1.92. The molecule has 0 aromatic heterocycles. The molecule has 0 aliphatic heterocycles. The number of rotatable bonds is 7. The smallest absolute Gasteiger partial charge is 0.262 e. The Kier molecular flexibility index (Phi) is 5.56. The zero-order valence-electron chi connectivity index (χ0n) is 15.1.